The molecule has 2 rings (SSSR count). The first-order valence-corrected chi connectivity index (χ1v) is 8.32. The van der Waals surface area contributed by atoms with Gasteiger partial charge >= 0.3 is 0 Å². The van der Waals surface area contributed by atoms with E-state index in [1.807, 2.05) is 31.2 Å². The highest BCUT2D eigenvalue weighted by molar-refractivity contribution is 7.91. The number of aromatic nitrogens is 1. The van der Waals surface area contributed by atoms with Gasteiger partial charge in [0, 0.05) is 6.54 Å². The second kappa shape index (κ2) is 6.00. The molecule has 2 aromatic rings. The molecule has 0 aliphatic carbocycles. The largest absolute Gasteiger partial charge is 0.251 e. The van der Waals surface area contributed by atoms with E-state index in [2.05, 4.69) is 9.71 Å². The third-order valence-electron chi connectivity index (χ3n) is 2.51. The Morgan fingerprint density at radius 1 is 1.42 bits per heavy atom. The highest BCUT2D eigenvalue weighted by atomic mass is 35.5. The maximum Gasteiger partial charge on any atom is 0.251 e. The molecule has 4 nitrogen and oxygen atoms in total. The molecular weight excluding hydrogens is 304 g/mol. The molecule has 0 atom stereocenters. The average Bonchev–Trinajstić information content (AvgIpc) is 2.76. The van der Waals surface area contributed by atoms with Crippen LogP contribution in [0.4, 0.5) is 0 Å². The van der Waals surface area contributed by atoms with Crippen LogP contribution in [-0.4, -0.2) is 19.9 Å². The van der Waals surface area contributed by atoms with Crippen LogP contribution < -0.4 is 4.72 Å². The molecule has 1 aromatic heterocycles. The number of aryl methyl sites for hydroxylation is 1. The van der Waals surface area contributed by atoms with Crippen LogP contribution in [-0.2, 0) is 16.4 Å². The van der Waals surface area contributed by atoms with Gasteiger partial charge in [0.15, 0.2) is 8.68 Å². The average molecular weight is 317 g/mol. The maximum absolute atomic E-state index is 11.9. The summed E-state index contributed by atoms with van der Waals surface area (Å²) in [5.74, 6) is 0. The second-order valence-corrected chi connectivity index (χ2v) is 7.68. The number of hydrogen-bond acceptors (Lipinski definition) is 4. The summed E-state index contributed by atoms with van der Waals surface area (Å²) in [6, 6.07) is 7.98. The minimum atomic E-state index is -3.50. The van der Waals surface area contributed by atoms with Gasteiger partial charge in [0.2, 0.25) is 0 Å². The molecule has 102 valence electrons. The van der Waals surface area contributed by atoms with E-state index in [9.17, 15) is 8.42 Å². The van der Waals surface area contributed by atoms with Crippen molar-refractivity contribution in [1.29, 1.82) is 0 Å². The first-order valence-electron chi connectivity index (χ1n) is 5.64. The van der Waals surface area contributed by atoms with Crippen LogP contribution in [0.15, 0.2) is 34.7 Å². The molecule has 0 saturated heterocycles. The lowest BCUT2D eigenvalue weighted by Crippen LogP contribution is -2.25. The number of nitrogens with zero attached hydrogens (tertiary/aromatic N) is 1. The Kier molecular flexibility index (Phi) is 4.57. The fourth-order valence-corrected chi connectivity index (χ4v) is 4.00. The Morgan fingerprint density at radius 2 is 2.21 bits per heavy atom. The summed E-state index contributed by atoms with van der Waals surface area (Å²) < 4.78 is 26.7. The maximum atomic E-state index is 11.9. The van der Waals surface area contributed by atoms with Crippen molar-refractivity contribution < 1.29 is 8.42 Å². The van der Waals surface area contributed by atoms with E-state index in [-0.39, 0.29) is 8.68 Å². The van der Waals surface area contributed by atoms with E-state index < -0.39 is 10.0 Å². The van der Waals surface area contributed by atoms with E-state index >= 15 is 0 Å². The third-order valence-corrected chi connectivity index (χ3v) is 5.55. The molecule has 0 aliphatic rings. The first-order chi connectivity index (χ1) is 8.97. The number of rotatable bonds is 5. The van der Waals surface area contributed by atoms with Gasteiger partial charge in [-0.2, -0.15) is 0 Å². The fourth-order valence-electron chi connectivity index (χ4n) is 1.63. The summed E-state index contributed by atoms with van der Waals surface area (Å²) in [7, 11) is -3.50. The second-order valence-electron chi connectivity index (χ2n) is 4.07. The van der Waals surface area contributed by atoms with Crippen molar-refractivity contribution in [3.05, 3.63) is 46.1 Å². The van der Waals surface area contributed by atoms with Gasteiger partial charge in [0.1, 0.15) is 0 Å². The number of halogens is 1. The summed E-state index contributed by atoms with van der Waals surface area (Å²) in [4.78, 5) is 3.73. The van der Waals surface area contributed by atoms with Gasteiger partial charge in [0.05, 0.1) is 6.20 Å². The zero-order chi connectivity index (χ0) is 13.9. The predicted octanol–water partition coefficient (Wildman–Crippen LogP) is 2.63. The fraction of sp³-hybridized carbons (Fsp3) is 0.250. The number of nitrogens with one attached hydrogen (secondary N) is 1. The molecular formula is C12H13ClN2O2S2. The smallest absolute Gasteiger partial charge is 0.232 e. The van der Waals surface area contributed by atoms with Crippen LogP contribution in [0.5, 0.6) is 0 Å². The highest BCUT2D eigenvalue weighted by Gasteiger charge is 2.16. The quantitative estimate of drug-likeness (QED) is 0.922. The summed E-state index contributed by atoms with van der Waals surface area (Å²) in [6.45, 7) is 2.36. The Bertz CT molecular complexity index is 668. The van der Waals surface area contributed by atoms with Crippen molar-refractivity contribution in [1.82, 2.24) is 9.71 Å². The SMILES string of the molecule is Cc1cccc(CCNS(=O)(=O)c2cnc(Cl)s2)c1. The Labute approximate surface area is 121 Å². The lowest BCUT2D eigenvalue weighted by molar-refractivity contribution is 0.583. The van der Waals surface area contributed by atoms with Gasteiger partial charge in [-0.1, -0.05) is 52.8 Å². The van der Waals surface area contributed by atoms with Crippen LogP contribution in [0.1, 0.15) is 11.1 Å². The van der Waals surface area contributed by atoms with Gasteiger partial charge in [-0.25, -0.2) is 18.1 Å². The number of hydrogen-bond donors (Lipinski definition) is 1. The molecule has 7 heteroatoms. The molecule has 19 heavy (non-hydrogen) atoms. The number of benzene rings is 1. The third kappa shape index (κ3) is 4.01. The topological polar surface area (TPSA) is 59.1 Å². The summed E-state index contributed by atoms with van der Waals surface area (Å²) in [6.07, 6.45) is 1.91. The van der Waals surface area contributed by atoms with Crippen molar-refractivity contribution >= 4 is 33.0 Å². The normalized spacial score (nSPS) is 11.7. The Morgan fingerprint density at radius 3 is 2.84 bits per heavy atom. The zero-order valence-electron chi connectivity index (χ0n) is 10.3. The van der Waals surface area contributed by atoms with Crippen molar-refractivity contribution in [3.63, 3.8) is 0 Å². The molecule has 1 heterocycles. The van der Waals surface area contributed by atoms with E-state index in [0.717, 1.165) is 22.5 Å². The van der Waals surface area contributed by atoms with E-state index in [0.29, 0.717) is 13.0 Å². The summed E-state index contributed by atoms with van der Waals surface area (Å²) >= 11 is 6.58. The predicted molar refractivity (Wildman–Crippen MR) is 77.2 cm³/mol. The summed E-state index contributed by atoms with van der Waals surface area (Å²) in [5.41, 5.74) is 2.26. The van der Waals surface area contributed by atoms with Crippen LogP contribution >= 0.6 is 22.9 Å². The standard InChI is InChI=1S/C12H13ClN2O2S2/c1-9-3-2-4-10(7-9)5-6-15-19(16,17)11-8-14-12(13)18-11/h2-4,7-8,15H,5-6H2,1H3. The molecule has 0 spiro atoms. The van der Waals surface area contributed by atoms with Gasteiger partial charge < -0.3 is 0 Å². The number of sulfonamides is 1. The number of thiazole rings is 1. The molecule has 0 saturated carbocycles. The van der Waals surface area contributed by atoms with Gasteiger partial charge in [-0.15, -0.1) is 0 Å². The van der Waals surface area contributed by atoms with E-state index in [4.69, 9.17) is 11.6 Å². The minimum Gasteiger partial charge on any atom is -0.232 e. The van der Waals surface area contributed by atoms with Crippen molar-refractivity contribution in [3.8, 4) is 0 Å². The summed E-state index contributed by atoms with van der Waals surface area (Å²) in [5, 5.41) is 0. The van der Waals surface area contributed by atoms with Crippen molar-refractivity contribution in [2.45, 2.75) is 17.6 Å². The minimum absolute atomic E-state index is 0.141. The highest BCUT2D eigenvalue weighted by Crippen LogP contribution is 2.21. The van der Waals surface area contributed by atoms with Crippen LogP contribution in [0.2, 0.25) is 4.47 Å². The van der Waals surface area contributed by atoms with Crippen LogP contribution in [0, 0.1) is 6.92 Å². The Hall–Kier alpha value is -0.950. The van der Waals surface area contributed by atoms with Crippen molar-refractivity contribution in [2.75, 3.05) is 6.54 Å². The zero-order valence-corrected chi connectivity index (χ0v) is 12.6. The molecule has 1 N–H and O–H groups in total. The molecule has 0 fully saturated rings. The van der Waals surface area contributed by atoms with E-state index in [1.54, 1.807) is 0 Å². The lowest BCUT2D eigenvalue weighted by atomic mass is 10.1. The molecule has 0 aliphatic heterocycles. The van der Waals surface area contributed by atoms with Crippen LogP contribution in [0.3, 0.4) is 0 Å². The van der Waals surface area contributed by atoms with Gasteiger partial charge in [-0.05, 0) is 18.9 Å². The molecule has 0 amide bonds. The van der Waals surface area contributed by atoms with Crippen LogP contribution in [0.25, 0.3) is 0 Å². The van der Waals surface area contributed by atoms with Gasteiger partial charge in [0.25, 0.3) is 10.0 Å². The molecule has 0 unspecified atom stereocenters. The monoisotopic (exact) mass is 316 g/mol. The van der Waals surface area contributed by atoms with Gasteiger partial charge in [-0.3, -0.25) is 0 Å². The lowest BCUT2D eigenvalue weighted by Gasteiger charge is -2.05. The molecule has 1 aromatic carbocycles. The molecule has 0 bridgehead atoms. The first kappa shape index (κ1) is 14.5. The molecule has 0 radical (unpaired) electrons. The van der Waals surface area contributed by atoms with E-state index in [1.165, 1.54) is 6.20 Å². The Balaban J connectivity index is 1.96. The van der Waals surface area contributed by atoms with Crippen molar-refractivity contribution in [2.24, 2.45) is 0 Å².